The summed E-state index contributed by atoms with van der Waals surface area (Å²) in [7, 11) is 0. The molecular formula is C14H23N7O. The third-order valence-corrected chi connectivity index (χ3v) is 3.79. The van der Waals surface area contributed by atoms with Crippen molar-refractivity contribution in [1.29, 1.82) is 0 Å². The number of nitrogens with zero attached hydrogens (tertiary/aromatic N) is 4. The predicted molar refractivity (Wildman–Crippen MR) is 85.1 cm³/mol. The fraction of sp³-hybridized carbons (Fsp3) is 0.643. The van der Waals surface area contributed by atoms with Crippen LogP contribution in [0.3, 0.4) is 0 Å². The maximum Gasteiger partial charge on any atom is 0.336 e. The van der Waals surface area contributed by atoms with Gasteiger partial charge in [-0.3, -0.25) is 0 Å². The monoisotopic (exact) mass is 305 g/mol. The summed E-state index contributed by atoms with van der Waals surface area (Å²) < 4.78 is 7.25. The molecule has 8 heteroatoms. The van der Waals surface area contributed by atoms with Crippen LogP contribution in [0.1, 0.15) is 32.6 Å². The Morgan fingerprint density at radius 2 is 2.27 bits per heavy atom. The lowest BCUT2D eigenvalue weighted by molar-refractivity contribution is 0.281. The van der Waals surface area contributed by atoms with Crippen molar-refractivity contribution in [3.8, 4) is 6.01 Å². The average molecular weight is 305 g/mol. The van der Waals surface area contributed by atoms with E-state index >= 15 is 0 Å². The highest BCUT2D eigenvalue weighted by Gasteiger charge is 2.17. The first-order valence-electron chi connectivity index (χ1n) is 7.89. The lowest BCUT2D eigenvalue weighted by Gasteiger charge is -2.23. The largest absolute Gasteiger partial charge is 0.462 e. The number of nitrogens with two attached hydrogens (primary N) is 1. The zero-order valence-corrected chi connectivity index (χ0v) is 12.9. The minimum absolute atomic E-state index is 0.296. The predicted octanol–water partition coefficient (Wildman–Crippen LogP) is 1.05. The van der Waals surface area contributed by atoms with Crippen molar-refractivity contribution >= 4 is 17.3 Å². The number of nitrogen functional groups attached to an aromatic ring is 1. The normalized spacial score (nSPS) is 16.0. The summed E-state index contributed by atoms with van der Waals surface area (Å²) in [5.74, 6) is 1.16. The van der Waals surface area contributed by atoms with Gasteiger partial charge in [0.25, 0.3) is 0 Å². The number of unbranched alkanes of at least 4 members (excludes halogenated alkanes) is 1. The minimum Gasteiger partial charge on any atom is -0.462 e. The Bertz CT molecular complexity index is 621. The Labute approximate surface area is 129 Å². The van der Waals surface area contributed by atoms with E-state index in [1.807, 2.05) is 0 Å². The molecule has 0 aromatic carbocycles. The van der Waals surface area contributed by atoms with Crippen molar-refractivity contribution in [2.45, 2.75) is 38.6 Å². The quantitative estimate of drug-likeness (QED) is 0.685. The molecule has 3 rings (SSSR count). The summed E-state index contributed by atoms with van der Waals surface area (Å²) in [4.78, 5) is 8.46. The molecule has 0 spiro atoms. The van der Waals surface area contributed by atoms with E-state index in [0.717, 1.165) is 44.6 Å². The van der Waals surface area contributed by atoms with Gasteiger partial charge in [0.2, 0.25) is 0 Å². The summed E-state index contributed by atoms with van der Waals surface area (Å²) in [5, 5.41) is 11.2. The molecule has 0 aliphatic carbocycles. The Hall–Kier alpha value is -2.09. The van der Waals surface area contributed by atoms with Crippen LogP contribution in [0, 0.1) is 0 Å². The molecule has 2 aromatic rings. The molecule has 4 N–H and O–H groups in total. The fourth-order valence-corrected chi connectivity index (χ4v) is 2.53. The van der Waals surface area contributed by atoms with Crippen LogP contribution in [0.2, 0.25) is 0 Å². The van der Waals surface area contributed by atoms with Crippen LogP contribution in [0.5, 0.6) is 6.01 Å². The van der Waals surface area contributed by atoms with E-state index in [2.05, 4.69) is 32.6 Å². The molecule has 22 heavy (non-hydrogen) atoms. The number of rotatable bonds is 6. The number of anilines is 2. The first-order valence-corrected chi connectivity index (χ1v) is 7.89. The van der Waals surface area contributed by atoms with Crippen molar-refractivity contribution in [3.63, 3.8) is 0 Å². The molecule has 0 saturated carbocycles. The Balaban J connectivity index is 1.80. The number of hydrogen-bond donors (Lipinski definition) is 3. The molecular weight excluding hydrogens is 282 g/mol. The minimum atomic E-state index is 0.296. The fourth-order valence-electron chi connectivity index (χ4n) is 2.53. The zero-order chi connectivity index (χ0) is 15.4. The van der Waals surface area contributed by atoms with Gasteiger partial charge in [-0.1, -0.05) is 13.3 Å². The van der Waals surface area contributed by atoms with Gasteiger partial charge in [0, 0.05) is 6.04 Å². The Kier molecular flexibility index (Phi) is 4.57. The highest BCUT2D eigenvalue weighted by molar-refractivity contribution is 5.63. The number of hydrogen-bond acceptors (Lipinski definition) is 7. The average Bonchev–Trinajstić information content (AvgIpc) is 2.92. The number of fused-ring (bicyclic) bond motifs is 1. The molecule has 120 valence electrons. The number of nitrogens with one attached hydrogen (secondary N) is 2. The molecule has 0 bridgehead atoms. The maximum atomic E-state index is 5.96. The number of piperidine rings is 1. The highest BCUT2D eigenvalue weighted by atomic mass is 16.5. The molecule has 1 aliphatic heterocycles. The third kappa shape index (κ3) is 3.22. The van der Waals surface area contributed by atoms with Gasteiger partial charge in [-0.2, -0.15) is 9.50 Å². The second-order valence-corrected chi connectivity index (χ2v) is 5.53. The standard InChI is InChI=1S/C14H23N7O/c1-2-3-8-22-14-19-12(15)13-17-9-11(21(13)20-14)18-10-4-6-16-7-5-10/h9-10,16,18H,2-8H2,1H3,(H2,15,19,20). The first-order chi connectivity index (χ1) is 10.8. The Morgan fingerprint density at radius 1 is 1.45 bits per heavy atom. The molecule has 8 nitrogen and oxygen atoms in total. The van der Waals surface area contributed by atoms with Gasteiger partial charge in [0.1, 0.15) is 5.82 Å². The van der Waals surface area contributed by atoms with Gasteiger partial charge in [-0.05, 0) is 32.4 Å². The molecule has 3 heterocycles. The van der Waals surface area contributed by atoms with Crippen LogP contribution in [0.15, 0.2) is 6.20 Å². The first kappa shape index (κ1) is 14.8. The lowest BCUT2D eigenvalue weighted by Crippen LogP contribution is -2.35. The van der Waals surface area contributed by atoms with E-state index in [1.165, 1.54) is 0 Å². The van der Waals surface area contributed by atoms with Crippen molar-refractivity contribution in [1.82, 2.24) is 24.9 Å². The van der Waals surface area contributed by atoms with Crippen LogP contribution >= 0.6 is 0 Å². The van der Waals surface area contributed by atoms with Crippen LogP contribution in [0.4, 0.5) is 11.6 Å². The van der Waals surface area contributed by atoms with Crippen LogP contribution < -0.4 is 21.1 Å². The lowest BCUT2D eigenvalue weighted by atomic mass is 10.1. The molecule has 2 aromatic heterocycles. The van der Waals surface area contributed by atoms with E-state index in [1.54, 1.807) is 10.7 Å². The van der Waals surface area contributed by atoms with Gasteiger partial charge >= 0.3 is 6.01 Å². The van der Waals surface area contributed by atoms with Gasteiger partial charge in [-0.25, -0.2) is 4.98 Å². The van der Waals surface area contributed by atoms with E-state index < -0.39 is 0 Å². The number of ether oxygens (including phenoxy) is 1. The highest BCUT2D eigenvalue weighted by Crippen LogP contribution is 2.19. The summed E-state index contributed by atoms with van der Waals surface area (Å²) in [5.41, 5.74) is 6.51. The second kappa shape index (κ2) is 6.78. The molecule has 1 fully saturated rings. The van der Waals surface area contributed by atoms with Crippen molar-refractivity contribution in [3.05, 3.63) is 6.20 Å². The number of imidazole rings is 1. The molecule has 0 amide bonds. The second-order valence-electron chi connectivity index (χ2n) is 5.53. The van der Waals surface area contributed by atoms with E-state index in [0.29, 0.717) is 30.1 Å². The molecule has 1 saturated heterocycles. The maximum absolute atomic E-state index is 5.96. The van der Waals surface area contributed by atoms with Gasteiger partial charge < -0.3 is 21.1 Å². The molecule has 0 radical (unpaired) electrons. The summed E-state index contributed by atoms with van der Waals surface area (Å²) >= 11 is 0. The van der Waals surface area contributed by atoms with Gasteiger partial charge in [0.15, 0.2) is 11.5 Å². The van der Waals surface area contributed by atoms with E-state index in [4.69, 9.17) is 10.5 Å². The van der Waals surface area contributed by atoms with Gasteiger partial charge in [-0.15, -0.1) is 5.10 Å². The molecule has 0 atom stereocenters. The number of aromatic nitrogens is 4. The van der Waals surface area contributed by atoms with Crippen molar-refractivity contribution in [2.24, 2.45) is 0 Å². The summed E-state index contributed by atoms with van der Waals surface area (Å²) in [6.45, 7) is 4.75. The smallest absolute Gasteiger partial charge is 0.336 e. The molecule has 1 aliphatic rings. The molecule has 0 unspecified atom stereocenters. The summed E-state index contributed by atoms with van der Waals surface area (Å²) in [6.07, 6.45) is 5.93. The van der Waals surface area contributed by atoms with Crippen molar-refractivity contribution < 1.29 is 4.74 Å². The van der Waals surface area contributed by atoms with Crippen LogP contribution in [-0.2, 0) is 0 Å². The third-order valence-electron chi connectivity index (χ3n) is 3.79. The summed E-state index contributed by atoms with van der Waals surface area (Å²) in [6, 6.07) is 0.714. The van der Waals surface area contributed by atoms with Crippen molar-refractivity contribution in [2.75, 3.05) is 30.7 Å². The van der Waals surface area contributed by atoms with E-state index in [9.17, 15) is 0 Å². The van der Waals surface area contributed by atoms with Crippen LogP contribution in [0.25, 0.3) is 5.65 Å². The topological polar surface area (TPSA) is 102 Å². The zero-order valence-electron chi connectivity index (χ0n) is 12.9. The van der Waals surface area contributed by atoms with Gasteiger partial charge in [0.05, 0.1) is 12.8 Å². The SMILES string of the molecule is CCCCOc1nc(N)c2ncc(NC3CCNCC3)n2n1. The van der Waals surface area contributed by atoms with Crippen LogP contribution in [-0.4, -0.2) is 45.3 Å². The van der Waals surface area contributed by atoms with E-state index in [-0.39, 0.29) is 0 Å². The Morgan fingerprint density at radius 3 is 3.05 bits per heavy atom.